The fourth-order valence-electron chi connectivity index (χ4n) is 1.06. The molecule has 3 heteroatoms. The SMILES string of the molecule is CC1=C(N)C(N)=CN(C)C1. The first-order valence-corrected chi connectivity index (χ1v) is 3.24. The average molecular weight is 139 g/mol. The van der Waals surface area contributed by atoms with Gasteiger partial charge in [0.1, 0.15) is 0 Å². The summed E-state index contributed by atoms with van der Waals surface area (Å²) in [5.41, 5.74) is 13.8. The number of rotatable bonds is 0. The maximum Gasteiger partial charge on any atom is 0.0709 e. The van der Waals surface area contributed by atoms with Crippen LogP contribution in [0.15, 0.2) is 23.2 Å². The molecule has 0 bridgehead atoms. The van der Waals surface area contributed by atoms with E-state index in [1.165, 1.54) is 0 Å². The van der Waals surface area contributed by atoms with Gasteiger partial charge in [-0.25, -0.2) is 0 Å². The van der Waals surface area contributed by atoms with Crippen molar-refractivity contribution in [3.8, 4) is 0 Å². The molecule has 1 aliphatic rings. The fourth-order valence-corrected chi connectivity index (χ4v) is 1.06. The van der Waals surface area contributed by atoms with E-state index in [9.17, 15) is 0 Å². The molecule has 0 aromatic carbocycles. The molecule has 0 spiro atoms. The summed E-state index contributed by atoms with van der Waals surface area (Å²) < 4.78 is 0. The van der Waals surface area contributed by atoms with E-state index in [0.717, 1.165) is 17.8 Å². The first-order chi connectivity index (χ1) is 4.61. The molecule has 0 atom stereocenters. The van der Waals surface area contributed by atoms with Gasteiger partial charge in [0.05, 0.1) is 11.4 Å². The highest BCUT2D eigenvalue weighted by molar-refractivity contribution is 5.33. The van der Waals surface area contributed by atoms with Crippen LogP contribution >= 0.6 is 0 Å². The van der Waals surface area contributed by atoms with Crippen molar-refractivity contribution in [2.45, 2.75) is 6.92 Å². The first-order valence-electron chi connectivity index (χ1n) is 3.24. The Balaban J connectivity index is 2.90. The summed E-state index contributed by atoms with van der Waals surface area (Å²) in [6.45, 7) is 2.87. The standard InChI is InChI=1S/C7H13N3/c1-5-3-10(2)4-6(8)7(5)9/h4H,3,8-9H2,1-2H3. The maximum absolute atomic E-state index is 5.64. The van der Waals surface area contributed by atoms with Gasteiger partial charge in [-0.05, 0) is 12.5 Å². The summed E-state index contributed by atoms with van der Waals surface area (Å²) in [6, 6.07) is 0. The molecule has 56 valence electrons. The van der Waals surface area contributed by atoms with E-state index >= 15 is 0 Å². The van der Waals surface area contributed by atoms with Crippen LogP contribution in [0.2, 0.25) is 0 Å². The molecule has 4 N–H and O–H groups in total. The zero-order valence-electron chi connectivity index (χ0n) is 6.39. The summed E-state index contributed by atoms with van der Waals surface area (Å²) in [7, 11) is 1.98. The highest BCUT2D eigenvalue weighted by Gasteiger charge is 2.08. The van der Waals surface area contributed by atoms with E-state index in [0.29, 0.717) is 5.70 Å². The van der Waals surface area contributed by atoms with Crippen LogP contribution in [0.25, 0.3) is 0 Å². The lowest BCUT2D eigenvalue weighted by Gasteiger charge is -2.22. The third-order valence-corrected chi connectivity index (χ3v) is 1.62. The van der Waals surface area contributed by atoms with E-state index in [2.05, 4.69) is 0 Å². The largest absolute Gasteiger partial charge is 0.397 e. The van der Waals surface area contributed by atoms with E-state index in [4.69, 9.17) is 11.5 Å². The minimum Gasteiger partial charge on any atom is -0.397 e. The van der Waals surface area contributed by atoms with Crippen LogP contribution in [0.5, 0.6) is 0 Å². The lowest BCUT2D eigenvalue weighted by Crippen LogP contribution is -2.26. The monoisotopic (exact) mass is 139 g/mol. The van der Waals surface area contributed by atoms with Crippen LogP contribution < -0.4 is 11.5 Å². The summed E-state index contributed by atoms with van der Waals surface area (Å²) in [5, 5.41) is 0. The predicted octanol–water partition coefficient (Wildman–Crippen LogP) is -0.0354. The maximum atomic E-state index is 5.64. The van der Waals surface area contributed by atoms with Crippen molar-refractivity contribution in [2.24, 2.45) is 11.5 Å². The highest BCUT2D eigenvalue weighted by Crippen LogP contribution is 2.11. The molecule has 0 aromatic rings. The Kier molecular flexibility index (Phi) is 1.57. The molecular formula is C7H13N3. The molecule has 0 radical (unpaired) electrons. The number of nitrogens with zero attached hydrogens (tertiary/aromatic N) is 1. The Hall–Kier alpha value is -1.12. The first kappa shape index (κ1) is 6.99. The molecule has 0 aromatic heterocycles. The van der Waals surface area contributed by atoms with Gasteiger partial charge in [0.2, 0.25) is 0 Å². The lowest BCUT2D eigenvalue weighted by atomic mass is 10.1. The van der Waals surface area contributed by atoms with E-state index in [-0.39, 0.29) is 0 Å². The van der Waals surface area contributed by atoms with Crippen molar-refractivity contribution in [1.82, 2.24) is 4.90 Å². The van der Waals surface area contributed by atoms with E-state index in [1.807, 2.05) is 25.1 Å². The van der Waals surface area contributed by atoms with Crippen molar-refractivity contribution in [2.75, 3.05) is 13.6 Å². The van der Waals surface area contributed by atoms with E-state index in [1.54, 1.807) is 0 Å². The second kappa shape index (κ2) is 2.25. The average Bonchev–Trinajstić information content (AvgIpc) is 1.82. The third-order valence-electron chi connectivity index (χ3n) is 1.62. The molecule has 0 aliphatic carbocycles. The highest BCUT2D eigenvalue weighted by atomic mass is 15.1. The third kappa shape index (κ3) is 1.07. The van der Waals surface area contributed by atoms with Gasteiger partial charge < -0.3 is 16.4 Å². The number of nitrogens with two attached hydrogens (primary N) is 2. The van der Waals surface area contributed by atoms with Crippen LogP contribution in [0.4, 0.5) is 0 Å². The summed E-state index contributed by atoms with van der Waals surface area (Å²) in [4.78, 5) is 2.01. The van der Waals surface area contributed by atoms with Gasteiger partial charge >= 0.3 is 0 Å². The summed E-state index contributed by atoms with van der Waals surface area (Å²) in [5.74, 6) is 0. The van der Waals surface area contributed by atoms with Crippen molar-refractivity contribution < 1.29 is 0 Å². The predicted molar refractivity (Wildman–Crippen MR) is 41.8 cm³/mol. The molecule has 1 rings (SSSR count). The number of hydrogen-bond donors (Lipinski definition) is 2. The van der Waals surface area contributed by atoms with Gasteiger partial charge in [-0.1, -0.05) is 0 Å². The van der Waals surface area contributed by atoms with Gasteiger partial charge in [0, 0.05) is 19.8 Å². The molecule has 0 saturated carbocycles. The van der Waals surface area contributed by atoms with Crippen molar-refractivity contribution >= 4 is 0 Å². The molecule has 0 saturated heterocycles. The van der Waals surface area contributed by atoms with Crippen molar-refractivity contribution in [1.29, 1.82) is 0 Å². The van der Waals surface area contributed by atoms with Gasteiger partial charge in [0.15, 0.2) is 0 Å². The van der Waals surface area contributed by atoms with Crippen molar-refractivity contribution in [3.63, 3.8) is 0 Å². The zero-order valence-corrected chi connectivity index (χ0v) is 6.39. The van der Waals surface area contributed by atoms with Gasteiger partial charge in [0.25, 0.3) is 0 Å². The molecular weight excluding hydrogens is 126 g/mol. The Morgan fingerprint density at radius 1 is 1.50 bits per heavy atom. The Bertz CT molecular complexity index is 203. The molecule has 10 heavy (non-hydrogen) atoms. The van der Waals surface area contributed by atoms with Crippen LogP contribution in [0.3, 0.4) is 0 Å². The fraction of sp³-hybridized carbons (Fsp3) is 0.429. The summed E-state index contributed by atoms with van der Waals surface area (Å²) >= 11 is 0. The Labute approximate surface area is 61.0 Å². The van der Waals surface area contributed by atoms with Crippen LogP contribution in [0, 0.1) is 0 Å². The molecule has 3 nitrogen and oxygen atoms in total. The quantitative estimate of drug-likeness (QED) is 0.495. The van der Waals surface area contributed by atoms with Crippen LogP contribution in [-0.4, -0.2) is 18.5 Å². The second-order valence-electron chi connectivity index (χ2n) is 2.69. The smallest absolute Gasteiger partial charge is 0.0709 e. The molecule has 1 aliphatic heterocycles. The molecule has 0 unspecified atom stereocenters. The minimum absolute atomic E-state index is 0.672. The Morgan fingerprint density at radius 2 is 2.10 bits per heavy atom. The van der Waals surface area contributed by atoms with Gasteiger partial charge in [-0.3, -0.25) is 0 Å². The van der Waals surface area contributed by atoms with Gasteiger partial charge in [-0.15, -0.1) is 0 Å². The molecule has 0 fully saturated rings. The van der Waals surface area contributed by atoms with Crippen LogP contribution in [-0.2, 0) is 0 Å². The number of hydrogen-bond acceptors (Lipinski definition) is 3. The molecule has 0 amide bonds. The summed E-state index contributed by atoms with van der Waals surface area (Å²) in [6.07, 6.45) is 1.85. The van der Waals surface area contributed by atoms with Crippen LogP contribution in [0.1, 0.15) is 6.92 Å². The van der Waals surface area contributed by atoms with Gasteiger partial charge in [-0.2, -0.15) is 0 Å². The lowest BCUT2D eigenvalue weighted by molar-refractivity contribution is 0.480. The van der Waals surface area contributed by atoms with E-state index < -0.39 is 0 Å². The normalized spacial score (nSPS) is 19.4. The Morgan fingerprint density at radius 3 is 2.60 bits per heavy atom. The zero-order chi connectivity index (χ0) is 7.72. The number of likely N-dealkylation sites (N-methyl/N-ethyl adjacent to an activating group) is 1. The molecule has 1 heterocycles. The minimum atomic E-state index is 0.672. The second-order valence-corrected chi connectivity index (χ2v) is 2.69. The van der Waals surface area contributed by atoms with Crippen molar-refractivity contribution in [3.05, 3.63) is 23.2 Å². The topological polar surface area (TPSA) is 55.3 Å².